The van der Waals surface area contributed by atoms with Gasteiger partial charge in [-0.3, -0.25) is 0 Å². The molecule has 1 unspecified atom stereocenters. The molecule has 114 valence electrons. The molecule has 20 heavy (non-hydrogen) atoms. The lowest BCUT2D eigenvalue weighted by molar-refractivity contribution is -0.174. The monoisotopic (exact) mass is 290 g/mol. The van der Waals surface area contributed by atoms with Crippen molar-refractivity contribution in [3.63, 3.8) is 0 Å². The minimum atomic E-state index is -4.24. The molecular formula is C14H21F3N2O. The van der Waals surface area contributed by atoms with E-state index in [1.165, 1.54) is 24.0 Å². The Kier molecular flexibility index (Phi) is 5.10. The number of aryl methyl sites for hydroxylation is 1. The van der Waals surface area contributed by atoms with Gasteiger partial charge < -0.3 is 14.6 Å². The molecule has 1 aromatic rings. The molecule has 0 saturated heterocycles. The summed E-state index contributed by atoms with van der Waals surface area (Å²) in [5, 5.41) is 3.31. The van der Waals surface area contributed by atoms with Crippen LogP contribution in [0.1, 0.15) is 36.4 Å². The van der Waals surface area contributed by atoms with Gasteiger partial charge in [-0.25, -0.2) is 0 Å². The quantitative estimate of drug-likeness (QED) is 0.666. The van der Waals surface area contributed by atoms with Crippen molar-refractivity contribution >= 4 is 0 Å². The van der Waals surface area contributed by atoms with Gasteiger partial charge in [0.1, 0.15) is 6.61 Å². The number of nitrogens with one attached hydrogen (secondary N) is 1. The second-order valence-electron chi connectivity index (χ2n) is 5.23. The van der Waals surface area contributed by atoms with E-state index in [4.69, 9.17) is 0 Å². The van der Waals surface area contributed by atoms with Crippen LogP contribution in [-0.4, -0.2) is 31.0 Å². The first-order valence-electron chi connectivity index (χ1n) is 7.00. The second-order valence-corrected chi connectivity index (χ2v) is 5.23. The Morgan fingerprint density at radius 3 is 2.85 bits per heavy atom. The Labute approximate surface area is 117 Å². The van der Waals surface area contributed by atoms with Crippen LogP contribution in [0.3, 0.4) is 0 Å². The van der Waals surface area contributed by atoms with E-state index in [0.717, 1.165) is 12.8 Å². The van der Waals surface area contributed by atoms with Gasteiger partial charge >= 0.3 is 6.18 Å². The number of hydrogen-bond donors (Lipinski definition) is 1. The number of nitrogens with zero attached hydrogens (tertiary/aromatic N) is 1. The zero-order valence-electron chi connectivity index (χ0n) is 11.7. The lowest BCUT2D eigenvalue weighted by atomic mass is 10.1. The highest BCUT2D eigenvalue weighted by molar-refractivity contribution is 5.29. The van der Waals surface area contributed by atoms with Gasteiger partial charge in [-0.05, 0) is 37.4 Å². The lowest BCUT2D eigenvalue weighted by Crippen LogP contribution is -2.19. The summed E-state index contributed by atoms with van der Waals surface area (Å²) in [6, 6.07) is 0.352. The summed E-state index contributed by atoms with van der Waals surface area (Å²) < 4.78 is 42.5. The van der Waals surface area contributed by atoms with E-state index >= 15 is 0 Å². The van der Waals surface area contributed by atoms with E-state index in [2.05, 4.69) is 10.1 Å². The van der Waals surface area contributed by atoms with Crippen LogP contribution in [0.15, 0.2) is 12.4 Å². The van der Waals surface area contributed by atoms with Crippen molar-refractivity contribution < 1.29 is 17.9 Å². The van der Waals surface area contributed by atoms with Crippen LogP contribution in [0.25, 0.3) is 0 Å². The maximum Gasteiger partial charge on any atom is 0.411 e. The number of hydrogen-bond acceptors (Lipinski definition) is 2. The molecule has 2 rings (SSSR count). The molecule has 1 aliphatic carbocycles. The normalized spacial score (nSPS) is 19.7. The predicted molar refractivity (Wildman–Crippen MR) is 70.7 cm³/mol. The number of aromatic nitrogens is 1. The van der Waals surface area contributed by atoms with E-state index in [9.17, 15) is 13.2 Å². The van der Waals surface area contributed by atoms with Gasteiger partial charge in [0, 0.05) is 25.0 Å². The van der Waals surface area contributed by atoms with Crippen molar-refractivity contribution in [3.05, 3.63) is 23.5 Å². The lowest BCUT2D eigenvalue weighted by Gasteiger charge is -2.13. The van der Waals surface area contributed by atoms with Gasteiger partial charge in [0.25, 0.3) is 0 Å². The summed E-state index contributed by atoms with van der Waals surface area (Å²) in [5.74, 6) is 0. The molecule has 0 saturated carbocycles. The van der Waals surface area contributed by atoms with Crippen LogP contribution in [-0.2, 0) is 17.7 Å². The maximum atomic E-state index is 12.0. The average Bonchev–Trinajstić information content (AvgIpc) is 2.68. The molecule has 6 heteroatoms. The van der Waals surface area contributed by atoms with Crippen molar-refractivity contribution in [1.29, 1.82) is 0 Å². The summed E-state index contributed by atoms with van der Waals surface area (Å²) in [7, 11) is 1.95. The highest BCUT2D eigenvalue weighted by Crippen LogP contribution is 2.29. The Morgan fingerprint density at radius 1 is 1.35 bits per heavy atom. The highest BCUT2D eigenvalue weighted by atomic mass is 19.4. The Hall–Kier alpha value is -1.01. The zero-order chi connectivity index (χ0) is 14.6. The van der Waals surface area contributed by atoms with Crippen molar-refractivity contribution in [2.24, 2.45) is 0 Å². The number of rotatable bonds is 5. The van der Waals surface area contributed by atoms with Crippen LogP contribution in [0.2, 0.25) is 0 Å². The van der Waals surface area contributed by atoms with Crippen molar-refractivity contribution in [2.75, 3.05) is 20.3 Å². The molecule has 0 amide bonds. The molecule has 0 bridgehead atoms. The Balaban J connectivity index is 1.91. The topological polar surface area (TPSA) is 26.2 Å². The van der Waals surface area contributed by atoms with Crippen LogP contribution >= 0.6 is 0 Å². The molecule has 0 aliphatic heterocycles. The molecule has 1 atom stereocenters. The molecule has 0 fully saturated rings. The first kappa shape index (κ1) is 15.4. The standard InChI is InChI=1S/C14H21F3N2O/c1-18-13-5-3-2-4-11-8-19(9-12(11)13)6-7-20-10-14(15,16)17/h8-9,13,18H,2-7,10H2,1H3. The first-order chi connectivity index (χ1) is 9.49. The van der Waals surface area contributed by atoms with Gasteiger partial charge in [-0.15, -0.1) is 0 Å². The molecule has 0 radical (unpaired) electrons. The predicted octanol–water partition coefficient (Wildman–Crippen LogP) is 3.05. The van der Waals surface area contributed by atoms with E-state index in [1.54, 1.807) is 0 Å². The SMILES string of the molecule is CNC1CCCCc2cn(CCOCC(F)(F)F)cc21. The number of ether oxygens (including phenoxy) is 1. The smallest absolute Gasteiger partial charge is 0.370 e. The third-order valence-corrected chi connectivity index (χ3v) is 3.67. The number of alkyl halides is 3. The summed E-state index contributed by atoms with van der Waals surface area (Å²) >= 11 is 0. The molecule has 3 nitrogen and oxygen atoms in total. The van der Waals surface area contributed by atoms with E-state index in [0.29, 0.717) is 12.6 Å². The average molecular weight is 290 g/mol. The van der Waals surface area contributed by atoms with E-state index in [1.807, 2.05) is 24.0 Å². The minimum absolute atomic E-state index is 0.0806. The molecule has 1 heterocycles. The summed E-state index contributed by atoms with van der Waals surface area (Å²) in [4.78, 5) is 0. The second kappa shape index (κ2) is 6.63. The van der Waals surface area contributed by atoms with E-state index < -0.39 is 12.8 Å². The van der Waals surface area contributed by atoms with Gasteiger partial charge in [0.15, 0.2) is 0 Å². The molecule has 1 aliphatic rings. The van der Waals surface area contributed by atoms with Gasteiger partial charge in [0.2, 0.25) is 0 Å². The van der Waals surface area contributed by atoms with Gasteiger partial charge in [0.05, 0.1) is 6.61 Å². The fraction of sp³-hybridized carbons (Fsp3) is 0.714. The van der Waals surface area contributed by atoms with Crippen LogP contribution < -0.4 is 5.32 Å². The van der Waals surface area contributed by atoms with Crippen molar-refractivity contribution in [1.82, 2.24) is 9.88 Å². The summed E-state index contributed by atoms with van der Waals surface area (Å²) in [6.45, 7) is -0.635. The molecule has 0 spiro atoms. The summed E-state index contributed by atoms with van der Waals surface area (Å²) in [5.41, 5.74) is 2.58. The number of halogens is 3. The zero-order valence-corrected chi connectivity index (χ0v) is 11.7. The van der Waals surface area contributed by atoms with Crippen LogP contribution in [0.4, 0.5) is 13.2 Å². The van der Waals surface area contributed by atoms with Gasteiger partial charge in [-0.2, -0.15) is 13.2 Å². The Bertz CT molecular complexity index is 429. The van der Waals surface area contributed by atoms with Gasteiger partial charge in [-0.1, -0.05) is 6.42 Å². The van der Waals surface area contributed by atoms with Crippen LogP contribution in [0, 0.1) is 0 Å². The fourth-order valence-electron chi connectivity index (χ4n) is 2.70. The largest absolute Gasteiger partial charge is 0.411 e. The first-order valence-corrected chi connectivity index (χ1v) is 7.00. The third-order valence-electron chi connectivity index (χ3n) is 3.67. The van der Waals surface area contributed by atoms with Crippen molar-refractivity contribution in [3.8, 4) is 0 Å². The third kappa shape index (κ3) is 4.24. The highest BCUT2D eigenvalue weighted by Gasteiger charge is 2.27. The van der Waals surface area contributed by atoms with Crippen LogP contribution in [0.5, 0.6) is 0 Å². The fourth-order valence-corrected chi connectivity index (χ4v) is 2.70. The maximum absolute atomic E-state index is 12.0. The molecule has 1 N–H and O–H groups in total. The van der Waals surface area contributed by atoms with E-state index in [-0.39, 0.29) is 6.61 Å². The molecular weight excluding hydrogens is 269 g/mol. The Morgan fingerprint density at radius 2 is 2.15 bits per heavy atom. The molecule has 1 aromatic heterocycles. The molecule has 0 aromatic carbocycles. The summed E-state index contributed by atoms with van der Waals surface area (Å²) in [6.07, 6.45) is 4.36. The number of fused-ring (bicyclic) bond motifs is 1. The van der Waals surface area contributed by atoms with Crippen molar-refractivity contribution in [2.45, 2.75) is 44.4 Å². The minimum Gasteiger partial charge on any atom is -0.370 e.